The first-order valence-corrected chi connectivity index (χ1v) is 9.81. The van der Waals surface area contributed by atoms with Crippen molar-refractivity contribution < 1.29 is 14.3 Å². The van der Waals surface area contributed by atoms with Crippen LogP contribution in [0.15, 0.2) is 24.3 Å². The summed E-state index contributed by atoms with van der Waals surface area (Å²) in [6.45, 7) is 6.03. The number of piperazine rings is 1. The molecule has 0 radical (unpaired) electrons. The van der Waals surface area contributed by atoms with E-state index in [1.165, 1.54) is 24.0 Å². The molecule has 26 heavy (non-hydrogen) atoms. The van der Waals surface area contributed by atoms with Crippen LogP contribution in [0.3, 0.4) is 0 Å². The third kappa shape index (κ3) is 5.56. The lowest BCUT2D eigenvalue weighted by atomic mass is 10.0. The summed E-state index contributed by atoms with van der Waals surface area (Å²) in [7, 11) is 0. The number of benzene rings is 1. The van der Waals surface area contributed by atoms with Crippen LogP contribution in [0.5, 0.6) is 0 Å². The third-order valence-electron chi connectivity index (χ3n) is 5.50. The molecule has 1 heterocycles. The SMILES string of the molecule is Cc1cccc(CN2CCN(C(=O)COC(=O)CC3CCCC3)CC2)c1. The van der Waals surface area contributed by atoms with Gasteiger partial charge in [-0.05, 0) is 31.2 Å². The number of amides is 1. The Balaban J connectivity index is 1.35. The van der Waals surface area contributed by atoms with Crippen LogP contribution in [0, 0.1) is 12.8 Å². The zero-order valence-corrected chi connectivity index (χ0v) is 15.8. The molecule has 0 bridgehead atoms. The Hall–Kier alpha value is -1.88. The molecule has 1 aliphatic carbocycles. The Bertz CT molecular complexity index is 617. The van der Waals surface area contributed by atoms with E-state index < -0.39 is 0 Å². The fourth-order valence-corrected chi connectivity index (χ4v) is 3.97. The highest BCUT2D eigenvalue weighted by atomic mass is 16.5. The summed E-state index contributed by atoms with van der Waals surface area (Å²) >= 11 is 0. The molecule has 5 heteroatoms. The second-order valence-electron chi connectivity index (χ2n) is 7.66. The Labute approximate surface area is 156 Å². The Morgan fingerprint density at radius 1 is 1.12 bits per heavy atom. The average Bonchev–Trinajstić information content (AvgIpc) is 3.13. The van der Waals surface area contributed by atoms with E-state index in [1.807, 2.05) is 4.90 Å². The maximum absolute atomic E-state index is 12.3. The first-order valence-electron chi connectivity index (χ1n) is 9.81. The fourth-order valence-electron chi connectivity index (χ4n) is 3.97. The van der Waals surface area contributed by atoms with Crippen LogP contribution >= 0.6 is 0 Å². The van der Waals surface area contributed by atoms with E-state index in [0.717, 1.165) is 32.5 Å². The first-order chi connectivity index (χ1) is 12.6. The molecule has 5 nitrogen and oxygen atoms in total. The molecule has 1 aromatic carbocycles. The minimum atomic E-state index is -0.219. The number of ether oxygens (including phenoxy) is 1. The van der Waals surface area contributed by atoms with Crippen LogP contribution in [-0.4, -0.2) is 54.5 Å². The number of carbonyl (C=O) groups excluding carboxylic acids is 2. The molecule has 1 saturated heterocycles. The van der Waals surface area contributed by atoms with Gasteiger partial charge >= 0.3 is 5.97 Å². The van der Waals surface area contributed by atoms with Crippen LogP contribution in [0.4, 0.5) is 0 Å². The predicted molar refractivity (Wildman–Crippen MR) is 101 cm³/mol. The van der Waals surface area contributed by atoms with Gasteiger partial charge in [-0.2, -0.15) is 0 Å². The van der Waals surface area contributed by atoms with Gasteiger partial charge < -0.3 is 9.64 Å². The lowest BCUT2D eigenvalue weighted by Crippen LogP contribution is -2.49. The van der Waals surface area contributed by atoms with Crippen molar-refractivity contribution in [3.63, 3.8) is 0 Å². The largest absolute Gasteiger partial charge is 0.456 e. The van der Waals surface area contributed by atoms with Crippen molar-refractivity contribution in [2.24, 2.45) is 5.92 Å². The van der Waals surface area contributed by atoms with Gasteiger partial charge in [0.1, 0.15) is 0 Å². The molecular formula is C21H30N2O3. The number of esters is 1. The van der Waals surface area contributed by atoms with Crippen molar-refractivity contribution in [1.29, 1.82) is 0 Å². The highest BCUT2D eigenvalue weighted by molar-refractivity contribution is 5.80. The quantitative estimate of drug-likeness (QED) is 0.734. The molecule has 1 aliphatic heterocycles. The van der Waals surface area contributed by atoms with Crippen molar-refractivity contribution in [2.45, 2.75) is 45.6 Å². The average molecular weight is 358 g/mol. The standard InChI is InChI=1S/C21H30N2O3/c1-17-5-4-8-19(13-17)15-22-9-11-23(12-10-22)20(24)16-26-21(25)14-18-6-2-3-7-18/h4-5,8,13,18H,2-3,6-7,9-12,14-16H2,1H3. The predicted octanol–water partition coefficient (Wildman–Crippen LogP) is 2.76. The maximum atomic E-state index is 12.3. The second-order valence-corrected chi connectivity index (χ2v) is 7.66. The van der Waals surface area contributed by atoms with Gasteiger partial charge in [0.2, 0.25) is 0 Å². The van der Waals surface area contributed by atoms with Gasteiger partial charge in [0, 0.05) is 39.1 Å². The minimum Gasteiger partial charge on any atom is -0.456 e. The normalized spacial score (nSPS) is 18.9. The van der Waals surface area contributed by atoms with Crippen LogP contribution in [0.2, 0.25) is 0 Å². The lowest BCUT2D eigenvalue weighted by Gasteiger charge is -2.34. The van der Waals surface area contributed by atoms with Crippen LogP contribution < -0.4 is 0 Å². The molecule has 1 saturated carbocycles. The summed E-state index contributed by atoms with van der Waals surface area (Å²) in [5, 5.41) is 0. The monoisotopic (exact) mass is 358 g/mol. The van der Waals surface area contributed by atoms with Crippen LogP contribution in [0.1, 0.15) is 43.2 Å². The first kappa shape index (κ1) is 18.9. The number of hydrogen-bond donors (Lipinski definition) is 0. The molecule has 0 N–H and O–H groups in total. The maximum Gasteiger partial charge on any atom is 0.306 e. The van der Waals surface area contributed by atoms with E-state index in [0.29, 0.717) is 25.4 Å². The number of aryl methyl sites for hydroxylation is 1. The number of rotatable bonds is 6. The molecule has 0 aromatic heterocycles. The summed E-state index contributed by atoms with van der Waals surface area (Å²) < 4.78 is 5.21. The van der Waals surface area contributed by atoms with E-state index in [2.05, 4.69) is 36.1 Å². The third-order valence-corrected chi connectivity index (χ3v) is 5.50. The molecule has 1 aromatic rings. The van der Waals surface area contributed by atoms with Gasteiger partial charge in [0.05, 0.1) is 0 Å². The molecule has 2 aliphatic rings. The van der Waals surface area contributed by atoms with E-state index >= 15 is 0 Å². The topological polar surface area (TPSA) is 49.9 Å². The van der Waals surface area contributed by atoms with Gasteiger partial charge in [-0.1, -0.05) is 42.7 Å². The highest BCUT2D eigenvalue weighted by Crippen LogP contribution is 2.27. The molecule has 2 fully saturated rings. The fraction of sp³-hybridized carbons (Fsp3) is 0.619. The zero-order valence-electron chi connectivity index (χ0n) is 15.8. The molecule has 0 spiro atoms. The van der Waals surface area contributed by atoms with E-state index in [9.17, 15) is 9.59 Å². The van der Waals surface area contributed by atoms with Gasteiger partial charge in [0.15, 0.2) is 6.61 Å². The summed E-state index contributed by atoms with van der Waals surface area (Å²) in [5.74, 6) is 0.172. The molecule has 0 atom stereocenters. The van der Waals surface area contributed by atoms with Gasteiger partial charge in [0.25, 0.3) is 5.91 Å². The Kier molecular flexibility index (Phi) is 6.67. The van der Waals surface area contributed by atoms with Crippen LogP contribution in [0.25, 0.3) is 0 Å². The smallest absolute Gasteiger partial charge is 0.306 e. The summed E-state index contributed by atoms with van der Waals surface area (Å²) in [5.41, 5.74) is 2.58. The number of nitrogens with zero attached hydrogens (tertiary/aromatic N) is 2. The van der Waals surface area contributed by atoms with Gasteiger partial charge in [-0.25, -0.2) is 0 Å². The summed E-state index contributed by atoms with van der Waals surface area (Å²) in [4.78, 5) is 28.3. The molecule has 3 rings (SSSR count). The van der Waals surface area contributed by atoms with Crippen molar-refractivity contribution in [3.8, 4) is 0 Å². The van der Waals surface area contributed by atoms with E-state index in [4.69, 9.17) is 4.74 Å². The second kappa shape index (κ2) is 9.17. The van der Waals surface area contributed by atoms with E-state index in [1.54, 1.807) is 0 Å². The highest BCUT2D eigenvalue weighted by Gasteiger charge is 2.23. The van der Waals surface area contributed by atoms with Gasteiger partial charge in [-0.15, -0.1) is 0 Å². The minimum absolute atomic E-state index is 0.0695. The Morgan fingerprint density at radius 3 is 2.54 bits per heavy atom. The van der Waals surface area contributed by atoms with Crippen LogP contribution in [-0.2, 0) is 20.9 Å². The molecule has 1 amide bonds. The van der Waals surface area contributed by atoms with Crippen molar-refractivity contribution >= 4 is 11.9 Å². The number of hydrogen-bond acceptors (Lipinski definition) is 4. The molecular weight excluding hydrogens is 328 g/mol. The molecule has 142 valence electrons. The number of carbonyl (C=O) groups is 2. The van der Waals surface area contributed by atoms with Crippen molar-refractivity contribution in [2.75, 3.05) is 32.8 Å². The Morgan fingerprint density at radius 2 is 1.85 bits per heavy atom. The lowest BCUT2D eigenvalue weighted by molar-refractivity contribution is -0.153. The van der Waals surface area contributed by atoms with E-state index in [-0.39, 0.29) is 18.5 Å². The molecule has 0 unspecified atom stereocenters. The zero-order chi connectivity index (χ0) is 18.4. The van der Waals surface area contributed by atoms with Gasteiger partial charge in [-0.3, -0.25) is 14.5 Å². The summed E-state index contributed by atoms with van der Waals surface area (Å²) in [6.07, 6.45) is 5.13. The summed E-state index contributed by atoms with van der Waals surface area (Å²) in [6, 6.07) is 8.55. The van der Waals surface area contributed by atoms with Crippen molar-refractivity contribution in [3.05, 3.63) is 35.4 Å². The van der Waals surface area contributed by atoms with Crippen molar-refractivity contribution in [1.82, 2.24) is 9.80 Å².